The summed E-state index contributed by atoms with van der Waals surface area (Å²) in [6, 6.07) is 3.45. The van der Waals surface area contributed by atoms with Gasteiger partial charge in [-0.3, -0.25) is 14.8 Å². The van der Waals surface area contributed by atoms with Crippen LogP contribution in [0.3, 0.4) is 0 Å². The normalized spacial score (nSPS) is 18.5. The maximum absolute atomic E-state index is 14.4. The van der Waals surface area contributed by atoms with Crippen LogP contribution in [0.2, 0.25) is 5.02 Å². The number of alkyl halides is 6. The van der Waals surface area contributed by atoms with Crippen molar-refractivity contribution in [3.05, 3.63) is 105 Å². The number of rotatable bonds is 5. The summed E-state index contributed by atoms with van der Waals surface area (Å²) < 4.78 is 113. The average Bonchev–Trinajstić information content (AvgIpc) is 3.51. The number of hydrogen-bond acceptors (Lipinski definition) is 3. The minimum atomic E-state index is -4.97. The van der Waals surface area contributed by atoms with Crippen LogP contribution in [0.1, 0.15) is 63.6 Å². The standard InChI is InChI=1S/C29H19ClF8N4O/c30-22-4-1-17(31)10-20(22)25-24-21(26(41-25)29(36,37)38)7-13(15-11-39-42(12-15)19-2-3-19)8-23(24)40-27(43)14-5-16(28(33,34)35)9-18(32)6-14/h1,4-12,19,25-26,41H,2-3H2,(H,40,43). The topological polar surface area (TPSA) is 59.0 Å². The molecule has 0 spiro atoms. The summed E-state index contributed by atoms with van der Waals surface area (Å²) in [5.74, 6) is -3.33. The maximum atomic E-state index is 14.4. The Hall–Kier alpha value is -3.97. The molecular formula is C29H19ClF8N4O. The number of nitrogens with one attached hydrogen (secondary N) is 2. The third-order valence-electron chi connectivity index (χ3n) is 7.33. The van der Waals surface area contributed by atoms with E-state index in [2.05, 4.69) is 15.7 Å². The number of halogens is 9. The van der Waals surface area contributed by atoms with Crippen LogP contribution in [0.5, 0.6) is 0 Å². The van der Waals surface area contributed by atoms with Crippen LogP contribution in [-0.2, 0) is 6.18 Å². The molecule has 2 N–H and O–H groups in total. The zero-order chi connectivity index (χ0) is 30.8. The first-order chi connectivity index (χ1) is 20.2. The molecule has 5 nitrogen and oxygen atoms in total. The van der Waals surface area contributed by atoms with Crippen molar-refractivity contribution in [2.75, 3.05) is 5.32 Å². The van der Waals surface area contributed by atoms with E-state index in [1.165, 1.54) is 24.4 Å². The molecule has 1 aromatic heterocycles. The van der Waals surface area contributed by atoms with Gasteiger partial charge in [0.1, 0.15) is 17.7 Å². The zero-order valence-corrected chi connectivity index (χ0v) is 22.4. The van der Waals surface area contributed by atoms with Gasteiger partial charge < -0.3 is 5.32 Å². The lowest BCUT2D eigenvalue weighted by Gasteiger charge is -2.20. The van der Waals surface area contributed by atoms with Crippen molar-refractivity contribution in [3.63, 3.8) is 0 Å². The molecule has 2 atom stereocenters. The zero-order valence-electron chi connectivity index (χ0n) is 21.6. The van der Waals surface area contributed by atoms with Crippen LogP contribution < -0.4 is 10.6 Å². The van der Waals surface area contributed by atoms with Gasteiger partial charge in [-0.15, -0.1) is 0 Å². The largest absolute Gasteiger partial charge is 0.416 e. The highest BCUT2D eigenvalue weighted by atomic mass is 35.5. The third-order valence-corrected chi connectivity index (χ3v) is 7.68. The molecule has 1 aliphatic heterocycles. The third kappa shape index (κ3) is 5.70. The molecule has 4 aromatic rings. The van der Waals surface area contributed by atoms with Gasteiger partial charge in [0.05, 0.1) is 23.8 Å². The van der Waals surface area contributed by atoms with Crippen LogP contribution in [0.15, 0.2) is 60.9 Å². The van der Waals surface area contributed by atoms with Crippen LogP contribution in [-0.4, -0.2) is 21.9 Å². The van der Waals surface area contributed by atoms with E-state index in [4.69, 9.17) is 11.6 Å². The summed E-state index contributed by atoms with van der Waals surface area (Å²) in [6.07, 6.45) is -4.97. The van der Waals surface area contributed by atoms with E-state index in [9.17, 15) is 39.9 Å². The Bertz CT molecular complexity index is 1750. The SMILES string of the molecule is O=C(Nc1cc(-c2cnn(C3CC3)c2)cc2c1C(c1cc(F)ccc1Cl)NC2C(F)(F)F)c1cc(F)cc(C(F)(F)F)c1. The van der Waals surface area contributed by atoms with Crippen molar-refractivity contribution in [1.29, 1.82) is 0 Å². The summed E-state index contributed by atoms with van der Waals surface area (Å²) in [6.45, 7) is 0. The molecule has 3 aromatic carbocycles. The molecule has 6 rings (SSSR count). The lowest BCUT2D eigenvalue weighted by Crippen LogP contribution is -2.31. The van der Waals surface area contributed by atoms with Gasteiger partial charge in [0, 0.05) is 33.6 Å². The quantitative estimate of drug-likeness (QED) is 0.219. The van der Waals surface area contributed by atoms with E-state index in [-0.39, 0.29) is 45.1 Å². The molecule has 2 unspecified atom stereocenters. The molecule has 1 saturated carbocycles. The summed E-state index contributed by atoms with van der Waals surface area (Å²) in [5.41, 5.74) is -2.24. The molecule has 1 fully saturated rings. The fraction of sp³-hybridized carbons (Fsp3) is 0.241. The van der Waals surface area contributed by atoms with Gasteiger partial charge in [-0.05, 0) is 78.1 Å². The van der Waals surface area contributed by atoms with Crippen LogP contribution >= 0.6 is 11.6 Å². The van der Waals surface area contributed by atoms with Gasteiger partial charge in [0.2, 0.25) is 0 Å². The molecule has 1 aliphatic carbocycles. The van der Waals surface area contributed by atoms with Crippen molar-refractivity contribution in [1.82, 2.24) is 15.1 Å². The van der Waals surface area contributed by atoms with Crippen molar-refractivity contribution < 1.29 is 39.9 Å². The highest BCUT2D eigenvalue weighted by Gasteiger charge is 2.49. The van der Waals surface area contributed by atoms with Crippen LogP contribution in [0, 0.1) is 11.6 Å². The average molecular weight is 627 g/mol. The van der Waals surface area contributed by atoms with Crippen molar-refractivity contribution in [2.45, 2.75) is 43.3 Å². The fourth-order valence-electron chi connectivity index (χ4n) is 5.20. The number of anilines is 1. The lowest BCUT2D eigenvalue weighted by atomic mass is 9.91. The summed E-state index contributed by atoms with van der Waals surface area (Å²) in [5, 5.41) is 9.00. The number of nitrogens with zero attached hydrogens (tertiary/aromatic N) is 2. The fourth-order valence-corrected chi connectivity index (χ4v) is 5.43. The highest BCUT2D eigenvalue weighted by molar-refractivity contribution is 6.31. The van der Waals surface area contributed by atoms with Crippen LogP contribution in [0.25, 0.3) is 11.1 Å². The maximum Gasteiger partial charge on any atom is 0.416 e. The molecule has 2 aliphatic rings. The van der Waals surface area contributed by atoms with Gasteiger partial charge in [0.15, 0.2) is 0 Å². The Kier molecular flexibility index (Phi) is 7.00. The Morgan fingerprint density at radius 2 is 1.67 bits per heavy atom. The van der Waals surface area contributed by atoms with E-state index < -0.39 is 53.1 Å². The van der Waals surface area contributed by atoms with E-state index >= 15 is 0 Å². The molecule has 224 valence electrons. The van der Waals surface area contributed by atoms with E-state index in [1.54, 1.807) is 10.9 Å². The van der Waals surface area contributed by atoms with Crippen LogP contribution in [0.4, 0.5) is 40.8 Å². The monoisotopic (exact) mass is 626 g/mol. The molecule has 1 amide bonds. The van der Waals surface area contributed by atoms with Gasteiger partial charge in [0.25, 0.3) is 5.91 Å². The number of benzene rings is 3. The summed E-state index contributed by atoms with van der Waals surface area (Å²) >= 11 is 6.27. The second kappa shape index (κ2) is 10.3. The van der Waals surface area contributed by atoms with Gasteiger partial charge in [-0.25, -0.2) is 8.78 Å². The molecule has 0 radical (unpaired) electrons. The lowest BCUT2D eigenvalue weighted by molar-refractivity contribution is -0.156. The summed E-state index contributed by atoms with van der Waals surface area (Å²) in [4.78, 5) is 13.2. The van der Waals surface area contributed by atoms with Crippen molar-refractivity contribution in [3.8, 4) is 11.1 Å². The number of carbonyl (C=O) groups is 1. The highest BCUT2D eigenvalue weighted by Crippen LogP contribution is 2.50. The number of carbonyl (C=O) groups excluding carboxylic acids is 1. The second-order valence-electron chi connectivity index (χ2n) is 10.4. The second-order valence-corrected chi connectivity index (χ2v) is 10.8. The predicted octanol–water partition coefficient (Wildman–Crippen LogP) is 8.38. The molecule has 2 heterocycles. The van der Waals surface area contributed by atoms with Gasteiger partial charge >= 0.3 is 12.4 Å². The number of amides is 1. The minimum absolute atomic E-state index is 0.0652. The summed E-state index contributed by atoms with van der Waals surface area (Å²) in [7, 11) is 0. The predicted molar refractivity (Wildman–Crippen MR) is 140 cm³/mol. The van der Waals surface area contributed by atoms with E-state index in [0.29, 0.717) is 17.7 Å². The number of hydrogen-bond donors (Lipinski definition) is 2. The smallest absolute Gasteiger partial charge is 0.322 e. The van der Waals surface area contributed by atoms with Crippen molar-refractivity contribution in [2.24, 2.45) is 0 Å². The van der Waals surface area contributed by atoms with E-state index in [1.807, 2.05) is 0 Å². The Morgan fingerprint density at radius 3 is 2.35 bits per heavy atom. The molecule has 43 heavy (non-hydrogen) atoms. The first-order valence-corrected chi connectivity index (χ1v) is 13.3. The Balaban J connectivity index is 1.52. The molecule has 0 saturated heterocycles. The molecular weight excluding hydrogens is 608 g/mol. The molecule has 14 heteroatoms. The number of aromatic nitrogens is 2. The van der Waals surface area contributed by atoms with Gasteiger partial charge in [-0.1, -0.05) is 11.6 Å². The van der Waals surface area contributed by atoms with Gasteiger partial charge in [-0.2, -0.15) is 31.4 Å². The Labute approximate surface area is 243 Å². The first-order valence-electron chi connectivity index (χ1n) is 12.9. The molecule has 0 bridgehead atoms. The minimum Gasteiger partial charge on any atom is -0.322 e. The Morgan fingerprint density at radius 1 is 0.930 bits per heavy atom. The first kappa shape index (κ1) is 29.1. The van der Waals surface area contributed by atoms with E-state index in [0.717, 1.165) is 25.0 Å². The number of fused-ring (bicyclic) bond motifs is 1. The van der Waals surface area contributed by atoms with Crippen molar-refractivity contribution >= 4 is 23.2 Å².